The topological polar surface area (TPSA) is 25.2 Å². The van der Waals surface area contributed by atoms with E-state index in [9.17, 15) is 0 Å². The summed E-state index contributed by atoms with van der Waals surface area (Å²) in [6, 6.07) is 4.47. The minimum absolute atomic E-state index is 0.219. The molecule has 0 aliphatic rings. The molecule has 0 saturated heterocycles. The van der Waals surface area contributed by atoms with E-state index in [-0.39, 0.29) is 6.04 Å². The summed E-state index contributed by atoms with van der Waals surface area (Å²) in [5.41, 5.74) is 1.25. The van der Waals surface area contributed by atoms with E-state index in [1.54, 1.807) is 6.26 Å². The van der Waals surface area contributed by atoms with Crippen LogP contribution < -0.4 is 5.32 Å². The number of furan rings is 1. The van der Waals surface area contributed by atoms with Crippen molar-refractivity contribution in [3.63, 3.8) is 0 Å². The molecule has 0 fully saturated rings. The van der Waals surface area contributed by atoms with Gasteiger partial charge in [-0.05, 0) is 41.5 Å². The van der Waals surface area contributed by atoms with Gasteiger partial charge in [0, 0.05) is 26.2 Å². The highest BCUT2D eigenvalue weighted by molar-refractivity contribution is 9.10. The van der Waals surface area contributed by atoms with Gasteiger partial charge in [0.2, 0.25) is 0 Å². The van der Waals surface area contributed by atoms with Gasteiger partial charge < -0.3 is 9.73 Å². The molecule has 0 bridgehead atoms. The second kappa shape index (κ2) is 6.04. The van der Waals surface area contributed by atoms with Gasteiger partial charge in [-0.3, -0.25) is 0 Å². The molecular formula is C14H18BrNOS. The zero-order valence-corrected chi connectivity index (χ0v) is 13.3. The number of rotatable bonds is 5. The summed E-state index contributed by atoms with van der Waals surface area (Å²) in [4.78, 5) is 2.65. The highest BCUT2D eigenvalue weighted by atomic mass is 79.9. The van der Waals surface area contributed by atoms with Gasteiger partial charge in [-0.25, -0.2) is 0 Å². The highest BCUT2D eigenvalue weighted by Gasteiger charge is 2.22. The Kier molecular flexibility index (Phi) is 4.65. The molecule has 0 spiro atoms. The fourth-order valence-electron chi connectivity index (χ4n) is 2.14. The van der Waals surface area contributed by atoms with Crippen molar-refractivity contribution in [2.24, 2.45) is 0 Å². The van der Waals surface area contributed by atoms with E-state index in [4.69, 9.17) is 4.42 Å². The van der Waals surface area contributed by atoms with Crippen molar-refractivity contribution < 1.29 is 4.42 Å². The van der Waals surface area contributed by atoms with Crippen molar-refractivity contribution in [3.05, 3.63) is 43.9 Å². The lowest BCUT2D eigenvalue weighted by molar-refractivity contribution is 0.502. The van der Waals surface area contributed by atoms with Crippen molar-refractivity contribution in [3.8, 4) is 0 Å². The van der Waals surface area contributed by atoms with Crippen LogP contribution in [0, 0.1) is 6.92 Å². The Labute approximate surface area is 121 Å². The SMILES string of the molecule is CCNC(c1ccoc1CC)c1sc(C)cc1Br. The number of hydrogen-bond acceptors (Lipinski definition) is 3. The maximum absolute atomic E-state index is 5.56. The van der Waals surface area contributed by atoms with E-state index in [0.29, 0.717) is 0 Å². The molecular weight excluding hydrogens is 310 g/mol. The van der Waals surface area contributed by atoms with Crippen molar-refractivity contribution in [1.82, 2.24) is 5.32 Å². The molecule has 4 heteroatoms. The summed E-state index contributed by atoms with van der Waals surface area (Å²) in [6.07, 6.45) is 2.71. The van der Waals surface area contributed by atoms with Crippen molar-refractivity contribution >= 4 is 27.3 Å². The maximum atomic E-state index is 5.56. The zero-order chi connectivity index (χ0) is 13.1. The molecule has 0 radical (unpaired) electrons. The van der Waals surface area contributed by atoms with E-state index in [1.165, 1.54) is 19.8 Å². The van der Waals surface area contributed by atoms with Crippen molar-refractivity contribution in [2.75, 3.05) is 6.54 Å². The molecule has 2 aromatic heterocycles. The van der Waals surface area contributed by atoms with Gasteiger partial charge in [-0.1, -0.05) is 13.8 Å². The smallest absolute Gasteiger partial charge is 0.108 e. The molecule has 0 amide bonds. The van der Waals surface area contributed by atoms with Crippen LogP contribution in [0.5, 0.6) is 0 Å². The Morgan fingerprint density at radius 2 is 2.22 bits per heavy atom. The van der Waals surface area contributed by atoms with Gasteiger partial charge >= 0.3 is 0 Å². The van der Waals surface area contributed by atoms with Crippen LogP contribution in [0.15, 0.2) is 27.3 Å². The van der Waals surface area contributed by atoms with Crippen LogP contribution >= 0.6 is 27.3 Å². The first-order valence-corrected chi connectivity index (χ1v) is 7.83. The zero-order valence-electron chi connectivity index (χ0n) is 10.9. The van der Waals surface area contributed by atoms with E-state index < -0.39 is 0 Å². The number of hydrogen-bond donors (Lipinski definition) is 1. The first kappa shape index (κ1) is 13.8. The third kappa shape index (κ3) is 2.71. The number of thiophene rings is 1. The molecule has 0 aliphatic heterocycles. The third-order valence-electron chi connectivity index (χ3n) is 2.92. The first-order chi connectivity index (χ1) is 8.67. The molecule has 1 N–H and O–H groups in total. The van der Waals surface area contributed by atoms with Crippen LogP contribution in [0.4, 0.5) is 0 Å². The lowest BCUT2D eigenvalue weighted by Gasteiger charge is -2.17. The Balaban J connectivity index is 2.42. The van der Waals surface area contributed by atoms with E-state index in [1.807, 2.05) is 11.3 Å². The molecule has 0 aromatic carbocycles. The second-order valence-electron chi connectivity index (χ2n) is 4.21. The largest absolute Gasteiger partial charge is 0.469 e. The normalized spacial score (nSPS) is 12.9. The van der Waals surface area contributed by atoms with E-state index in [2.05, 4.69) is 54.2 Å². The van der Waals surface area contributed by atoms with Crippen molar-refractivity contribution in [1.29, 1.82) is 0 Å². The molecule has 98 valence electrons. The van der Waals surface area contributed by atoms with Crippen LogP contribution in [-0.2, 0) is 6.42 Å². The Morgan fingerprint density at radius 3 is 2.78 bits per heavy atom. The third-order valence-corrected chi connectivity index (χ3v) is 4.95. The van der Waals surface area contributed by atoms with Gasteiger partial charge in [-0.15, -0.1) is 11.3 Å². The molecule has 0 aliphatic carbocycles. The predicted octanol–water partition coefficient (Wildman–Crippen LogP) is 4.67. The molecule has 2 heterocycles. The minimum Gasteiger partial charge on any atom is -0.469 e. The summed E-state index contributed by atoms with van der Waals surface area (Å²) in [5, 5.41) is 3.55. The average molecular weight is 328 g/mol. The van der Waals surface area contributed by atoms with Crippen LogP contribution in [0.2, 0.25) is 0 Å². The molecule has 2 rings (SSSR count). The quantitative estimate of drug-likeness (QED) is 0.862. The lowest BCUT2D eigenvalue weighted by atomic mass is 10.0. The van der Waals surface area contributed by atoms with Crippen LogP contribution in [0.25, 0.3) is 0 Å². The highest BCUT2D eigenvalue weighted by Crippen LogP contribution is 2.37. The monoisotopic (exact) mass is 327 g/mol. The van der Waals surface area contributed by atoms with Gasteiger partial charge in [0.15, 0.2) is 0 Å². The summed E-state index contributed by atoms with van der Waals surface area (Å²) in [6.45, 7) is 7.33. The average Bonchev–Trinajstić information content (AvgIpc) is 2.92. The second-order valence-corrected chi connectivity index (χ2v) is 6.35. The van der Waals surface area contributed by atoms with Crippen molar-refractivity contribution in [2.45, 2.75) is 33.2 Å². The molecule has 2 nitrogen and oxygen atoms in total. The Morgan fingerprint density at radius 1 is 1.44 bits per heavy atom. The molecule has 1 unspecified atom stereocenters. The maximum Gasteiger partial charge on any atom is 0.108 e. The van der Waals surface area contributed by atoms with Crippen LogP contribution in [0.1, 0.15) is 41.0 Å². The minimum atomic E-state index is 0.219. The van der Waals surface area contributed by atoms with Crippen LogP contribution in [-0.4, -0.2) is 6.54 Å². The summed E-state index contributed by atoms with van der Waals surface area (Å²) in [7, 11) is 0. The Hall–Kier alpha value is -0.580. The van der Waals surface area contributed by atoms with Gasteiger partial charge in [0.05, 0.1) is 12.3 Å². The van der Waals surface area contributed by atoms with E-state index >= 15 is 0 Å². The predicted molar refractivity (Wildman–Crippen MR) is 80.4 cm³/mol. The summed E-state index contributed by atoms with van der Waals surface area (Å²) in [5.74, 6) is 1.07. The molecule has 0 saturated carbocycles. The molecule has 18 heavy (non-hydrogen) atoms. The number of halogens is 1. The van der Waals surface area contributed by atoms with Gasteiger partial charge in [0.1, 0.15) is 5.76 Å². The fraction of sp³-hybridized carbons (Fsp3) is 0.429. The van der Waals surface area contributed by atoms with E-state index in [0.717, 1.165) is 18.7 Å². The molecule has 1 atom stereocenters. The molecule has 2 aromatic rings. The van der Waals surface area contributed by atoms with Gasteiger partial charge in [0.25, 0.3) is 0 Å². The van der Waals surface area contributed by atoms with Crippen LogP contribution in [0.3, 0.4) is 0 Å². The number of aryl methyl sites for hydroxylation is 2. The number of nitrogens with one attached hydrogen (secondary N) is 1. The fourth-order valence-corrected chi connectivity index (χ4v) is 4.12. The van der Waals surface area contributed by atoms with Gasteiger partial charge in [-0.2, -0.15) is 0 Å². The summed E-state index contributed by atoms with van der Waals surface area (Å²) >= 11 is 5.49. The lowest BCUT2D eigenvalue weighted by Crippen LogP contribution is -2.21. The first-order valence-electron chi connectivity index (χ1n) is 6.22. The standard InChI is InChI=1S/C14H18BrNOS/c1-4-12-10(6-7-17-12)13(16-5-2)14-11(15)8-9(3)18-14/h6-8,13,16H,4-5H2,1-3H3. The Bertz CT molecular complexity index is 518. The summed E-state index contributed by atoms with van der Waals surface area (Å²) < 4.78 is 6.74.